The predicted molar refractivity (Wildman–Crippen MR) is 75.5 cm³/mol. The monoisotopic (exact) mass is 311 g/mol. The highest BCUT2D eigenvalue weighted by Gasteiger charge is 2.28. The van der Waals surface area contributed by atoms with Crippen LogP contribution >= 0.6 is 0 Å². The molecule has 8 heteroatoms. The molecule has 0 aromatic heterocycles. The Morgan fingerprint density at radius 2 is 1.86 bits per heavy atom. The van der Waals surface area contributed by atoms with Gasteiger partial charge >= 0.3 is 0 Å². The van der Waals surface area contributed by atoms with Crippen LogP contribution in [-0.4, -0.2) is 65.0 Å². The molecule has 1 fully saturated rings. The van der Waals surface area contributed by atoms with Gasteiger partial charge in [-0.05, 0) is 24.3 Å². The van der Waals surface area contributed by atoms with Crippen LogP contribution in [-0.2, 0) is 9.59 Å². The third-order valence-corrected chi connectivity index (χ3v) is 3.52. The zero-order valence-corrected chi connectivity index (χ0v) is 11.9. The third kappa shape index (κ3) is 3.79. The number of hydroxylamine groups is 1. The molecule has 0 unspecified atom stereocenters. The van der Waals surface area contributed by atoms with Crippen LogP contribution < -0.4 is 4.90 Å². The zero-order chi connectivity index (χ0) is 16.1. The molecule has 0 radical (unpaired) electrons. The van der Waals surface area contributed by atoms with Crippen LogP contribution in [0.15, 0.2) is 24.3 Å². The summed E-state index contributed by atoms with van der Waals surface area (Å²) in [4.78, 5) is 24.0. The number of carbonyl (C=O) groups is 2. The number of anilines is 1. The van der Waals surface area contributed by atoms with E-state index in [4.69, 9.17) is 0 Å². The molecule has 1 aliphatic rings. The summed E-state index contributed by atoms with van der Waals surface area (Å²) in [5.41, 5.74) is 0.859. The van der Waals surface area contributed by atoms with Crippen molar-refractivity contribution in [3.63, 3.8) is 0 Å². The van der Waals surface area contributed by atoms with Gasteiger partial charge in [-0.25, -0.2) is 4.39 Å². The summed E-state index contributed by atoms with van der Waals surface area (Å²) >= 11 is 0. The molecular weight excluding hydrogens is 293 g/mol. The van der Waals surface area contributed by atoms with Gasteiger partial charge < -0.3 is 14.8 Å². The molecule has 1 amide bonds. The number of benzene rings is 1. The fraction of sp³-hybridized carbons (Fsp3) is 0.429. The van der Waals surface area contributed by atoms with E-state index in [-0.39, 0.29) is 12.2 Å². The maximum Gasteiger partial charge on any atom is 0.290 e. The van der Waals surface area contributed by atoms with Crippen LogP contribution in [0.2, 0.25) is 0 Å². The minimum atomic E-state index is -1.54. The van der Waals surface area contributed by atoms with Gasteiger partial charge in [0.1, 0.15) is 18.2 Å². The number of carbonyl (C=O) groups excluding carboxylic acids is 2. The standard InChI is InChI=1S/C14H18FN3O4/c15-11-1-3-12(4-2-11)16-6-8-17(9-7-16)18(22)14(21)13(20)5-10-19/h1-4,10,13,20,22H,5-9H2/t13-/m1/s1. The molecule has 2 rings (SSSR count). The van der Waals surface area contributed by atoms with E-state index < -0.39 is 12.0 Å². The minimum absolute atomic E-state index is 0.307. The van der Waals surface area contributed by atoms with Crippen molar-refractivity contribution in [1.29, 1.82) is 0 Å². The molecule has 1 aliphatic heterocycles. The third-order valence-electron chi connectivity index (χ3n) is 3.52. The number of aldehydes is 1. The Morgan fingerprint density at radius 1 is 1.27 bits per heavy atom. The van der Waals surface area contributed by atoms with Crippen LogP contribution in [0.1, 0.15) is 6.42 Å². The largest absolute Gasteiger partial charge is 0.383 e. The van der Waals surface area contributed by atoms with E-state index in [9.17, 15) is 24.3 Å². The predicted octanol–water partition coefficient (Wildman–Crippen LogP) is 0.0304. The lowest BCUT2D eigenvalue weighted by molar-refractivity contribution is -0.245. The first-order valence-corrected chi connectivity index (χ1v) is 6.93. The van der Waals surface area contributed by atoms with Gasteiger partial charge in [0.05, 0.1) is 0 Å². The lowest BCUT2D eigenvalue weighted by Gasteiger charge is -2.39. The second-order valence-electron chi connectivity index (χ2n) is 4.96. The average Bonchev–Trinajstić information content (AvgIpc) is 2.54. The molecule has 0 aliphatic carbocycles. The number of rotatable bonds is 5. The van der Waals surface area contributed by atoms with Crippen molar-refractivity contribution in [2.45, 2.75) is 12.5 Å². The first kappa shape index (κ1) is 16.3. The Morgan fingerprint density at radius 3 is 2.41 bits per heavy atom. The lowest BCUT2D eigenvalue weighted by Crippen LogP contribution is -2.56. The molecule has 2 N–H and O–H groups in total. The minimum Gasteiger partial charge on any atom is -0.383 e. The summed E-state index contributed by atoms with van der Waals surface area (Å²) in [5, 5.41) is 21.0. The summed E-state index contributed by atoms with van der Waals surface area (Å²) in [6.07, 6.45) is -1.48. The van der Waals surface area contributed by atoms with E-state index in [1.807, 2.05) is 4.90 Å². The van der Waals surface area contributed by atoms with E-state index >= 15 is 0 Å². The van der Waals surface area contributed by atoms with E-state index in [1.165, 1.54) is 17.1 Å². The number of halogens is 1. The Hall–Kier alpha value is -2.03. The summed E-state index contributed by atoms with van der Waals surface area (Å²) in [6, 6.07) is 6.08. The van der Waals surface area contributed by atoms with Gasteiger partial charge in [-0.1, -0.05) is 0 Å². The number of hydrazine groups is 1. The fourth-order valence-electron chi connectivity index (χ4n) is 2.26. The summed E-state index contributed by atoms with van der Waals surface area (Å²) < 4.78 is 12.9. The van der Waals surface area contributed by atoms with Gasteiger partial charge in [-0.15, -0.1) is 5.17 Å². The van der Waals surface area contributed by atoms with Crippen LogP contribution in [0.4, 0.5) is 10.1 Å². The van der Waals surface area contributed by atoms with Gasteiger partial charge in [0.25, 0.3) is 5.91 Å². The van der Waals surface area contributed by atoms with E-state index in [0.717, 1.165) is 5.69 Å². The summed E-state index contributed by atoms with van der Waals surface area (Å²) in [5.74, 6) is -1.24. The second-order valence-corrected chi connectivity index (χ2v) is 4.96. The average molecular weight is 311 g/mol. The normalized spacial score (nSPS) is 17.1. The fourth-order valence-corrected chi connectivity index (χ4v) is 2.26. The van der Waals surface area contributed by atoms with Crippen molar-refractivity contribution in [1.82, 2.24) is 10.2 Å². The highest BCUT2D eigenvalue weighted by Crippen LogP contribution is 2.17. The molecular formula is C14H18FN3O4. The quantitative estimate of drug-likeness (QED) is 0.453. The van der Waals surface area contributed by atoms with Gasteiger partial charge in [-0.2, -0.15) is 5.01 Å². The number of piperazine rings is 1. The molecule has 1 atom stereocenters. The topological polar surface area (TPSA) is 84.3 Å². The molecule has 22 heavy (non-hydrogen) atoms. The summed E-state index contributed by atoms with van der Waals surface area (Å²) in [6.45, 7) is 1.76. The zero-order valence-electron chi connectivity index (χ0n) is 11.9. The Kier molecular flexibility index (Phi) is 5.42. The van der Waals surface area contributed by atoms with E-state index in [2.05, 4.69) is 0 Å². The van der Waals surface area contributed by atoms with Crippen molar-refractivity contribution in [2.24, 2.45) is 0 Å². The highest BCUT2D eigenvalue weighted by molar-refractivity contribution is 5.81. The summed E-state index contributed by atoms with van der Waals surface area (Å²) in [7, 11) is 0. The van der Waals surface area contributed by atoms with Gasteiger partial charge in [0, 0.05) is 38.3 Å². The van der Waals surface area contributed by atoms with Gasteiger partial charge in [0.2, 0.25) is 0 Å². The van der Waals surface area contributed by atoms with Gasteiger partial charge in [0.15, 0.2) is 0 Å². The van der Waals surface area contributed by atoms with Crippen molar-refractivity contribution >= 4 is 17.9 Å². The van der Waals surface area contributed by atoms with Crippen LogP contribution in [0, 0.1) is 5.82 Å². The number of amides is 1. The first-order chi connectivity index (χ1) is 10.5. The smallest absolute Gasteiger partial charge is 0.290 e. The molecule has 7 nitrogen and oxygen atoms in total. The molecule has 0 saturated carbocycles. The molecule has 0 spiro atoms. The molecule has 1 heterocycles. The van der Waals surface area contributed by atoms with E-state index in [0.29, 0.717) is 37.6 Å². The molecule has 120 valence electrons. The maximum atomic E-state index is 12.9. The Bertz CT molecular complexity index is 517. The van der Waals surface area contributed by atoms with Crippen LogP contribution in [0.5, 0.6) is 0 Å². The SMILES string of the molecule is O=CC[C@@H](O)C(=O)N(O)N1CCN(c2ccc(F)cc2)CC1. The number of hydrogen-bond acceptors (Lipinski definition) is 6. The maximum absolute atomic E-state index is 12.9. The number of aliphatic hydroxyl groups is 1. The molecule has 1 aromatic carbocycles. The van der Waals surface area contributed by atoms with E-state index in [1.54, 1.807) is 12.1 Å². The van der Waals surface area contributed by atoms with Crippen molar-refractivity contribution in [3.8, 4) is 0 Å². The van der Waals surface area contributed by atoms with Gasteiger partial charge in [-0.3, -0.25) is 10.0 Å². The Labute approximate surface area is 127 Å². The lowest BCUT2D eigenvalue weighted by atomic mass is 10.2. The number of aliphatic hydroxyl groups excluding tert-OH is 1. The second kappa shape index (κ2) is 7.30. The van der Waals surface area contributed by atoms with Crippen molar-refractivity contribution < 1.29 is 24.3 Å². The molecule has 1 saturated heterocycles. The Balaban J connectivity index is 1.90. The van der Waals surface area contributed by atoms with Crippen LogP contribution in [0.25, 0.3) is 0 Å². The highest BCUT2D eigenvalue weighted by atomic mass is 19.1. The van der Waals surface area contributed by atoms with Crippen LogP contribution in [0.3, 0.4) is 0 Å². The first-order valence-electron chi connectivity index (χ1n) is 6.93. The van der Waals surface area contributed by atoms with Crippen molar-refractivity contribution in [3.05, 3.63) is 30.1 Å². The number of nitrogens with zero attached hydrogens (tertiary/aromatic N) is 3. The molecule has 0 bridgehead atoms. The number of hydrogen-bond donors (Lipinski definition) is 2. The molecule has 1 aromatic rings. The van der Waals surface area contributed by atoms with Crippen molar-refractivity contribution in [2.75, 3.05) is 31.1 Å².